The first-order valence-electron chi connectivity index (χ1n) is 11.1. The van der Waals surface area contributed by atoms with Crippen LogP contribution in [0.2, 0.25) is 0 Å². The van der Waals surface area contributed by atoms with Crippen molar-refractivity contribution in [1.82, 2.24) is 14.5 Å². The second-order valence-electron chi connectivity index (χ2n) is 8.89. The largest absolute Gasteiger partial charge is 0.481 e. The predicted octanol–water partition coefficient (Wildman–Crippen LogP) is 3.00. The quantitative estimate of drug-likeness (QED) is 0.621. The van der Waals surface area contributed by atoms with Crippen LogP contribution >= 0.6 is 0 Å². The van der Waals surface area contributed by atoms with Crippen molar-refractivity contribution in [2.45, 2.75) is 38.6 Å². The van der Waals surface area contributed by atoms with E-state index >= 15 is 0 Å². The van der Waals surface area contributed by atoms with E-state index in [9.17, 15) is 19.5 Å². The van der Waals surface area contributed by atoms with E-state index < -0.39 is 17.6 Å². The summed E-state index contributed by atoms with van der Waals surface area (Å²) in [5, 5.41) is 10.4. The number of benzene rings is 2. The fourth-order valence-electron chi connectivity index (χ4n) is 4.64. The van der Waals surface area contributed by atoms with E-state index in [2.05, 4.69) is 43.1 Å². The first-order valence-corrected chi connectivity index (χ1v) is 11.1. The lowest BCUT2D eigenvalue weighted by Crippen LogP contribution is -2.46. The number of hydrogen-bond acceptors (Lipinski definition) is 4. The normalized spacial score (nSPS) is 19.5. The number of aromatic nitrogens is 2. The fraction of sp³-hybridized carbons (Fsp3) is 0.400. The fourth-order valence-corrected chi connectivity index (χ4v) is 4.64. The number of carbonyl (C=O) groups is 1. The highest BCUT2D eigenvalue weighted by Gasteiger charge is 2.35. The zero-order valence-corrected chi connectivity index (χ0v) is 18.5. The molecule has 7 nitrogen and oxygen atoms in total. The molecule has 1 aliphatic rings. The van der Waals surface area contributed by atoms with E-state index in [-0.39, 0.29) is 18.0 Å². The number of hydrogen-bond donors (Lipinski definition) is 2. The van der Waals surface area contributed by atoms with E-state index in [4.69, 9.17) is 0 Å². The van der Waals surface area contributed by atoms with Crippen molar-refractivity contribution in [2.24, 2.45) is 5.92 Å². The molecule has 0 amide bonds. The Balaban J connectivity index is 1.48. The Morgan fingerprint density at radius 1 is 1.09 bits per heavy atom. The Hall–Kier alpha value is -3.19. The van der Waals surface area contributed by atoms with Gasteiger partial charge in [0.05, 0.1) is 16.8 Å². The van der Waals surface area contributed by atoms with Crippen LogP contribution in [0.25, 0.3) is 10.9 Å². The van der Waals surface area contributed by atoms with Crippen molar-refractivity contribution >= 4 is 16.9 Å². The zero-order chi connectivity index (χ0) is 22.8. The molecular weight excluding hydrogens is 406 g/mol. The molecule has 0 radical (unpaired) electrons. The summed E-state index contributed by atoms with van der Waals surface area (Å²) in [5.74, 6) is -0.951. The number of aromatic amines is 1. The molecule has 7 heteroatoms. The number of aliphatic carboxylic acids is 1. The van der Waals surface area contributed by atoms with E-state index in [0.29, 0.717) is 29.9 Å². The minimum atomic E-state index is -0.812. The van der Waals surface area contributed by atoms with E-state index in [1.54, 1.807) is 24.3 Å². The van der Waals surface area contributed by atoms with Crippen LogP contribution in [0, 0.1) is 5.92 Å². The first kappa shape index (κ1) is 22.0. The number of fused-ring (bicyclic) bond motifs is 1. The van der Waals surface area contributed by atoms with Gasteiger partial charge >= 0.3 is 11.7 Å². The summed E-state index contributed by atoms with van der Waals surface area (Å²) in [7, 11) is 0. The Morgan fingerprint density at radius 2 is 1.81 bits per heavy atom. The summed E-state index contributed by atoms with van der Waals surface area (Å²) in [6.07, 6.45) is 0.723. The van der Waals surface area contributed by atoms with Gasteiger partial charge in [-0.1, -0.05) is 50.2 Å². The van der Waals surface area contributed by atoms with Gasteiger partial charge in [0.2, 0.25) is 0 Å². The Bertz CT molecular complexity index is 1230. The van der Waals surface area contributed by atoms with Crippen molar-refractivity contribution in [3.63, 3.8) is 0 Å². The molecular formula is C25H29N3O4. The number of nitrogens with one attached hydrogen (secondary N) is 1. The van der Waals surface area contributed by atoms with E-state index in [0.717, 1.165) is 18.5 Å². The molecule has 2 N–H and O–H groups in total. The number of H-pyrrole nitrogens is 1. The molecule has 2 unspecified atom stereocenters. The zero-order valence-electron chi connectivity index (χ0n) is 18.5. The lowest BCUT2D eigenvalue weighted by molar-refractivity contribution is -0.144. The molecule has 3 aromatic rings. The van der Waals surface area contributed by atoms with Crippen molar-refractivity contribution < 1.29 is 9.90 Å². The maximum Gasteiger partial charge on any atom is 0.328 e. The number of para-hydroxylation sites is 1. The lowest BCUT2D eigenvalue weighted by Gasteiger charge is -2.37. The van der Waals surface area contributed by atoms with Crippen LogP contribution in [0.4, 0.5) is 0 Å². The molecule has 4 rings (SSSR count). The molecule has 1 aromatic heterocycles. The highest BCUT2D eigenvalue weighted by atomic mass is 16.4. The van der Waals surface area contributed by atoms with Crippen LogP contribution in [0.5, 0.6) is 0 Å². The SMILES string of the molecule is CC(C)c1ccc(C2CCN(CCn3c(=O)[nH]c4ccccc4c3=O)CC2C(=O)O)cc1. The van der Waals surface area contributed by atoms with Gasteiger partial charge < -0.3 is 15.0 Å². The summed E-state index contributed by atoms with van der Waals surface area (Å²) >= 11 is 0. The average molecular weight is 436 g/mol. The van der Waals surface area contributed by atoms with Gasteiger partial charge in [-0.05, 0) is 48.1 Å². The molecule has 1 saturated heterocycles. The van der Waals surface area contributed by atoms with Crippen molar-refractivity contribution in [3.8, 4) is 0 Å². The maximum absolute atomic E-state index is 12.7. The third kappa shape index (κ3) is 4.39. The van der Waals surface area contributed by atoms with E-state index in [1.165, 1.54) is 10.1 Å². The molecule has 1 fully saturated rings. The van der Waals surface area contributed by atoms with Gasteiger partial charge in [-0.15, -0.1) is 0 Å². The standard InChI is InChI=1S/C25H29N3O4/c1-16(2)17-7-9-18(10-8-17)19-11-12-27(15-21(19)24(30)31)13-14-28-23(29)20-5-3-4-6-22(20)26-25(28)32/h3-10,16,19,21H,11-15H2,1-2H3,(H,26,32)(H,30,31). The van der Waals surface area contributed by atoms with Crippen molar-refractivity contribution in [2.75, 3.05) is 19.6 Å². The summed E-state index contributed by atoms with van der Waals surface area (Å²) < 4.78 is 1.20. The summed E-state index contributed by atoms with van der Waals surface area (Å²) in [4.78, 5) is 42.0. The Kier molecular flexibility index (Phi) is 6.28. The van der Waals surface area contributed by atoms with Gasteiger partial charge in [-0.2, -0.15) is 0 Å². The minimum absolute atomic E-state index is 0.0447. The van der Waals surface area contributed by atoms with Gasteiger partial charge in [0.15, 0.2) is 0 Å². The molecule has 0 aliphatic carbocycles. The van der Waals surface area contributed by atoms with Gasteiger partial charge in [0.1, 0.15) is 0 Å². The molecule has 2 aromatic carbocycles. The summed E-state index contributed by atoms with van der Waals surface area (Å²) in [6.45, 7) is 6.06. The Labute approximate surface area is 186 Å². The molecule has 0 saturated carbocycles. The van der Waals surface area contributed by atoms with Crippen molar-refractivity contribution in [1.29, 1.82) is 0 Å². The molecule has 0 bridgehead atoms. The van der Waals surface area contributed by atoms with Crippen LogP contribution in [0.3, 0.4) is 0 Å². The van der Waals surface area contributed by atoms with Gasteiger partial charge in [0.25, 0.3) is 5.56 Å². The molecule has 2 heterocycles. The number of nitrogens with zero attached hydrogens (tertiary/aromatic N) is 2. The minimum Gasteiger partial charge on any atom is -0.481 e. The lowest BCUT2D eigenvalue weighted by atomic mass is 9.80. The molecule has 32 heavy (non-hydrogen) atoms. The third-order valence-electron chi connectivity index (χ3n) is 6.57. The highest BCUT2D eigenvalue weighted by Crippen LogP contribution is 2.34. The predicted molar refractivity (Wildman–Crippen MR) is 124 cm³/mol. The van der Waals surface area contributed by atoms with Crippen LogP contribution in [0.1, 0.15) is 43.2 Å². The maximum atomic E-state index is 12.7. The molecule has 2 atom stereocenters. The topological polar surface area (TPSA) is 95.4 Å². The second-order valence-corrected chi connectivity index (χ2v) is 8.89. The van der Waals surface area contributed by atoms with Crippen LogP contribution < -0.4 is 11.2 Å². The first-order chi connectivity index (χ1) is 15.3. The number of likely N-dealkylation sites (tertiary alicyclic amines) is 1. The third-order valence-corrected chi connectivity index (χ3v) is 6.57. The monoisotopic (exact) mass is 435 g/mol. The van der Waals surface area contributed by atoms with Crippen LogP contribution in [-0.4, -0.2) is 45.2 Å². The van der Waals surface area contributed by atoms with Gasteiger partial charge in [-0.3, -0.25) is 14.2 Å². The second kappa shape index (κ2) is 9.12. The number of piperidine rings is 1. The van der Waals surface area contributed by atoms with Crippen molar-refractivity contribution in [3.05, 3.63) is 80.5 Å². The van der Waals surface area contributed by atoms with E-state index in [1.807, 2.05) is 4.90 Å². The van der Waals surface area contributed by atoms with Gasteiger partial charge in [0, 0.05) is 19.6 Å². The molecule has 168 valence electrons. The number of rotatable bonds is 6. The Morgan fingerprint density at radius 3 is 2.50 bits per heavy atom. The van der Waals surface area contributed by atoms with Crippen LogP contribution in [-0.2, 0) is 11.3 Å². The summed E-state index contributed by atoms with van der Waals surface area (Å²) in [6, 6.07) is 15.2. The summed E-state index contributed by atoms with van der Waals surface area (Å²) in [5.41, 5.74) is 2.06. The number of carboxylic acid groups (broad SMARTS) is 1. The average Bonchev–Trinajstić information content (AvgIpc) is 2.79. The highest BCUT2D eigenvalue weighted by molar-refractivity contribution is 5.76. The molecule has 1 aliphatic heterocycles. The smallest absolute Gasteiger partial charge is 0.328 e. The van der Waals surface area contributed by atoms with Gasteiger partial charge in [-0.25, -0.2) is 4.79 Å². The number of carboxylic acids is 1. The van der Waals surface area contributed by atoms with Crippen LogP contribution in [0.15, 0.2) is 58.1 Å². The molecule has 0 spiro atoms.